The standard InChI is InChI=1S/C23H21NO5/c1-26-17-10-7-15(8-11-17)18-13-16(9-12-19(18)27-2)24-23(25)22-14-28-20-5-3-4-6-21(20)29-22/h3-13,22H,14H2,1-2H3,(H,24,25)/t22-/m1/s1. The first-order valence-corrected chi connectivity index (χ1v) is 9.20. The van der Waals surface area contributed by atoms with E-state index < -0.39 is 6.10 Å². The number of carbonyl (C=O) groups excluding carboxylic acids is 1. The van der Waals surface area contributed by atoms with Crippen LogP contribution >= 0.6 is 0 Å². The van der Waals surface area contributed by atoms with Crippen molar-refractivity contribution in [3.8, 4) is 34.1 Å². The molecule has 6 heteroatoms. The van der Waals surface area contributed by atoms with E-state index in [0.29, 0.717) is 22.9 Å². The summed E-state index contributed by atoms with van der Waals surface area (Å²) in [5.74, 6) is 2.41. The van der Waals surface area contributed by atoms with E-state index in [1.807, 2.05) is 54.6 Å². The Morgan fingerprint density at radius 3 is 2.45 bits per heavy atom. The van der Waals surface area contributed by atoms with Crippen molar-refractivity contribution in [1.29, 1.82) is 0 Å². The number of para-hydroxylation sites is 2. The van der Waals surface area contributed by atoms with E-state index in [0.717, 1.165) is 16.9 Å². The minimum absolute atomic E-state index is 0.157. The second-order valence-electron chi connectivity index (χ2n) is 6.50. The Labute approximate surface area is 169 Å². The van der Waals surface area contributed by atoms with Crippen molar-refractivity contribution in [2.45, 2.75) is 6.10 Å². The molecule has 0 aliphatic carbocycles. The number of benzene rings is 3. The van der Waals surface area contributed by atoms with Crippen molar-refractivity contribution in [2.24, 2.45) is 0 Å². The number of carbonyl (C=O) groups is 1. The molecule has 3 aromatic carbocycles. The smallest absolute Gasteiger partial charge is 0.269 e. The fourth-order valence-corrected chi connectivity index (χ4v) is 3.15. The molecule has 1 heterocycles. The minimum Gasteiger partial charge on any atom is -0.497 e. The number of anilines is 1. The summed E-state index contributed by atoms with van der Waals surface area (Å²) in [6.07, 6.45) is -0.726. The van der Waals surface area contributed by atoms with Crippen LogP contribution in [-0.4, -0.2) is 32.8 Å². The van der Waals surface area contributed by atoms with Crippen molar-refractivity contribution < 1.29 is 23.7 Å². The number of hydrogen-bond acceptors (Lipinski definition) is 5. The van der Waals surface area contributed by atoms with Gasteiger partial charge in [-0.05, 0) is 48.0 Å². The normalized spacial score (nSPS) is 14.8. The Balaban J connectivity index is 1.54. The molecule has 0 aromatic heterocycles. The SMILES string of the molecule is COc1ccc(-c2cc(NC(=O)[C@H]3COc4ccccc4O3)ccc2OC)cc1. The van der Waals surface area contributed by atoms with Crippen molar-refractivity contribution in [2.75, 3.05) is 26.1 Å². The minimum atomic E-state index is -0.726. The van der Waals surface area contributed by atoms with Crippen LogP contribution in [-0.2, 0) is 4.79 Å². The maximum absolute atomic E-state index is 12.7. The summed E-state index contributed by atoms with van der Waals surface area (Å²) in [4.78, 5) is 12.7. The molecule has 0 saturated heterocycles. The zero-order valence-electron chi connectivity index (χ0n) is 16.2. The second kappa shape index (κ2) is 8.14. The van der Waals surface area contributed by atoms with Crippen LogP contribution in [0.25, 0.3) is 11.1 Å². The number of nitrogens with one attached hydrogen (secondary N) is 1. The Morgan fingerprint density at radius 2 is 1.72 bits per heavy atom. The van der Waals surface area contributed by atoms with Crippen LogP contribution < -0.4 is 24.3 Å². The summed E-state index contributed by atoms with van der Waals surface area (Å²) in [6, 6.07) is 20.4. The molecule has 1 N–H and O–H groups in total. The lowest BCUT2D eigenvalue weighted by atomic mass is 10.0. The number of fused-ring (bicyclic) bond motifs is 1. The summed E-state index contributed by atoms with van der Waals surface area (Å²) < 4.78 is 22.1. The molecule has 1 amide bonds. The molecule has 3 aromatic rings. The summed E-state index contributed by atoms with van der Waals surface area (Å²) in [7, 11) is 3.24. The van der Waals surface area contributed by atoms with Crippen molar-refractivity contribution in [3.63, 3.8) is 0 Å². The second-order valence-corrected chi connectivity index (χ2v) is 6.50. The van der Waals surface area contributed by atoms with Gasteiger partial charge in [-0.2, -0.15) is 0 Å². The number of ether oxygens (including phenoxy) is 4. The molecule has 0 radical (unpaired) electrons. The van der Waals surface area contributed by atoms with Crippen LogP contribution in [0.1, 0.15) is 0 Å². The fourth-order valence-electron chi connectivity index (χ4n) is 3.15. The zero-order chi connectivity index (χ0) is 20.2. The van der Waals surface area contributed by atoms with E-state index in [-0.39, 0.29) is 12.5 Å². The van der Waals surface area contributed by atoms with E-state index in [4.69, 9.17) is 18.9 Å². The highest BCUT2D eigenvalue weighted by Gasteiger charge is 2.27. The lowest BCUT2D eigenvalue weighted by Crippen LogP contribution is -2.40. The predicted molar refractivity (Wildman–Crippen MR) is 110 cm³/mol. The Morgan fingerprint density at radius 1 is 0.966 bits per heavy atom. The third kappa shape index (κ3) is 3.96. The van der Waals surface area contributed by atoms with Crippen LogP contribution in [0.15, 0.2) is 66.7 Å². The number of hydrogen-bond donors (Lipinski definition) is 1. The molecule has 0 unspecified atom stereocenters. The quantitative estimate of drug-likeness (QED) is 0.708. The Kier molecular flexibility index (Phi) is 5.24. The Bertz CT molecular complexity index is 1020. The zero-order valence-corrected chi connectivity index (χ0v) is 16.2. The van der Waals surface area contributed by atoms with Crippen molar-refractivity contribution >= 4 is 11.6 Å². The maximum atomic E-state index is 12.7. The summed E-state index contributed by atoms with van der Waals surface area (Å²) >= 11 is 0. The lowest BCUT2D eigenvalue weighted by Gasteiger charge is -2.25. The molecule has 0 fully saturated rings. The molecule has 1 atom stereocenters. The van der Waals surface area contributed by atoms with Gasteiger partial charge in [0.1, 0.15) is 18.1 Å². The van der Waals surface area contributed by atoms with Crippen molar-refractivity contribution in [3.05, 3.63) is 66.7 Å². The van der Waals surface area contributed by atoms with Crippen LogP contribution in [0.4, 0.5) is 5.69 Å². The highest BCUT2D eigenvalue weighted by Crippen LogP contribution is 2.34. The van der Waals surface area contributed by atoms with Crippen LogP contribution in [0, 0.1) is 0 Å². The first-order chi connectivity index (χ1) is 14.2. The Hall–Kier alpha value is -3.67. The number of methoxy groups -OCH3 is 2. The van der Waals surface area contributed by atoms with Crippen LogP contribution in [0.5, 0.6) is 23.0 Å². The van der Waals surface area contributed by atoms with Crippen LogP contribution in [0.2, 0.25) is 0 Å². The molecular weight excluding hydrogens is 370 g/mol. The van der Waals surface area contributed by atoms with Gasteiger partial charge in [-0.1, -0.05) is 24.3 Å². The third-order valence-electron chi connectivity index (χ3n) is 4.67. The van der Waals surface area contributed by atoms with E-state index in [1.165, 1.54) is 0 Å². The van der Waals surface area contributed by atoms with Gasteiger partial charge in [0.05, 0.1) is 14.2 Å². The monoisotopic (exact) mass is 391 g/mol. The topological polar surface area (TPSA) is 66.0 Å². The summed E-state index contributed by atoms with van der Waals surface area (Å²) in [5.41, 5.74) is 2.45. The van der Waals surface area contributed by atoms with E-state index in [2.05, 4.69) is 5.32 Å². The molecule has 29 heavy (non-hydrogen) atoms. The fraction of sp³-hybridized carbons (Fsp3) is 0.174. The van der Waals surface area contributed by atoms with Gasteiger partial charge in [0.2, 0.25) is 6.10 Å². The van der Waals surface area contributed by atoms with E-state index in [9.17, 15) is 4.79 Å². The average Bonchev–Trinajstić information content (AvgIpc) is 2.78. The lowest BCUT2D eigenvalue weighted by molar-refractivity contribution is -0.125. The molecule has 1 aliphatic rings. The van der Waals surface area contributed by atoms with Gasteiger partial charge < -0.3 is 24.3 Å². The molecule has 1 aliphatic heterocycles. The molecule has 0 bridgehead atoms. The van der Waals surface area contributed by atoms with Crippen LogP contribution in [0.3, 0.4) is 0 Å². The highest BCUT2D eigenvalue weighted by atomic mass is 16.6. The summed E-state index contributed by atoms with van der Waals surface area (Å²) in [6.45, 7) is 0.157. The van der Waals surface area contributed by atoms with E-state index in [1.54, 1.807) is 26.4 Å². The largest absolute Gasteiger partial charge is 0.497 e. The molecule has 6 nitrogen and oxygen atoms in total. The number of amides is 1. The summed E-state index contributed by atoms with van der Waals surface area (Å²) in [5, 5.41) is 2.90. The molecule has 0 spiro atoms. The maximum Gasteiger partial charge on any atom is 0.269 e. The first-order valence-electron chi connectivity index (χ1n) is 9.20. The van der Waals surface area contributed by atoms with Gasteiger partial charge in [-0.15, -0.1) is 0 Å². The first kappa shape index (κ1) is 18.7. The van der Waals surface area contributed by atoms with Gasteiger partial charge >= 0.3 is 0 Å². The molecule has 148 valence electrons. The van der Waals surface area contributed by atoms with Gasteiger partial charge in [0.15, 0.2) is 11.5 Å². The highest BCUT2D eigenvalue weighted by molar-refractivity contribution is 5.95. The van der Waals surface area contributed by atoms with Gasteiger partial charge in [0.25, 0.3) is 5.91 Å². The number of rotatable bonds is 5. The average molecular weight is 391 g/mol. The molecule has 4 rings (SSSR count). The third-order valence-corrected chi connectivity index (χ3v) is 4.67. The van der Waals surface area contributed by atoms with Gasteiger partial charge in [-0.3, -0.25) is 4.79 Å². The predicted octanol–water partition coefficient (Wildman–Crippen LogP) is 4.15. The molecule has 0 saturated carbocycles. The molecular formula is C23H21NO5. The van der Waals surface area contributed by atoms with Crippen molar-refractivity contribution in [1.82, 2.24) is 0 Å². The van der Waals surface area contributed by atoms with E-state index >= 15 is 0 Å². The van der Waals surface area contributed by atoms with Gasteiger partial charge in [0, 0.05) is 11.3 Å². The van der Waals surface area contributed by atoms with Gasteiger partial charge in [-0.25, -0.2) is 0 Å².